The van der Waals surface area contributed by atoms with Crippen molar-refractivity contribution in [1.29, 1.82) is 0 Å². The third kappa shape index (κ3) is 11.8. The van der Waals surface area contributed by atoms with E-state index in [1.165, 1.54) is 11.6 Å². The van der Waals surface area contributed by atoms with Crippen LogP contribution in [0.25, 0.3) is 22.3 Å². The molecule has 0 bridgehead atoms. The molecule has 11 heteroatoms. The normalized spacial score (nSPS) is 15.9. The van der Waals surface area contributed by atoms with Gasteiger partial charge in [0.1, 0.15) is 11.5 Å². The summed E-state index contributed by atoms with van der Waals surface area (Å²) >= 11 is 0. The summed E-state index contributed by atoms with van der Waals surface area (Å²) in [4.78, 5) is 23.7. The van der Waals surface area contributed by atoms with Crippen molar-refractivity contribution >= 4 is 11.9 Å². The maximum Gasteiger partial charge on any atom is 0.389 e. The average Bonchev–Trinajstić information content (AvgIpc) is 3.12. The average molecular weight is 697 g/mol. The van der Waals surface area contributed by atoms with Gasteiger partial charge in [0.05, 0.1) is 24.4 Å². The lowest BCUT2D eigenvalue weighted by Gasteiger charge is -2.29. The number of hydrogen-bond acceptors (Lipinski definition) is 8. The summed E-state index contributed by atoms with van der Waals surface area (Å²) in [5.74, 6) is -0.0518. The molecule has 1 aliphatic carbocycles. The molecule has 0 aromatic heterocycles. The number of rotatable bonds is 17. The Hall–Kier alpha value is -4.61. The Morgan fingerprint density at radius 1 is 0.680 bits per heavy atom. The van der Waals surface area contributed by atoms with Gasteiger partial charge in [0.15, 0.2) is 0 Å². The zero-order chi connectivity index (χ0) is 36.1. The first kappa shape index (κ1) is 38.2. The third-order valence-electron chi connectivity index (χ3n) is 8.77. The molecule has 2 N–H and O–H groups in total. The first-order valence-corrected chi connectivity index (χ1v) is 16.6. The molecule has 0 radical (unpaired) electrons. The molecule has 4 rings (SSSR count). The second-order valence-corrected chi connectivity index (χ2v) is 12.4. The number of alkyl halides is 3. The summed E-state index contributed by atoms with van der Waals surface area (Å²) in [7, 11) is 0. The highest BCUT2D eigenvalue weighted by molar-refractivity contribution is 5.88. The Labute approximate surface area is 290 Å². The first-order chi connectivity index (χ1) is 24.0. The van der Waals surface area contributed by atoms with Gasteiger partial charge in [0.2, 0.25) is 13.6 Å². The number of carbonyl (C=O) groups excluding carboxylic acids is 2. The molecule has 0 saturated heterocycles. The van der Waals surface area contributed by atoms with Crippen LogP contribution in [0, 0.1) is 5.92 Å². The van der Waals surface area contributed by atoms with Crippen LogP contribution in [0.2, 0.25) is 0 Å². The predicted molar refractivity (Wildman–Crippen MR) is 182 cm³/mol. The van der Waals surface area contributed by atoms with E-state index in [1.54, 1.807) is 12.1 Å². The standard InChI is InChI=1S/C39H43F3O8/c1-26(22-43)37(45)49-24-47-35-19-34(20-36(21-35)48-25-50-38(46)27(2)23-44)33-16-14-32(15-17-33)31-12-10-30(11-13-31)29-8-6-28(7-9-29)5-3-4-18-39(40,41)42/h10-17,19-21,28-29,43-44H,1-9,18,22-25H2. The molecule has 1 aliphatic rings. The van der Waals surface area contributed by atoms with E-state index in [1.807, 2.05) is 24.3 Å². The lowest BCUT2D eigenvalue weighted by molar-refractivity contribution is -0.146. The van der Waals surface area contributed by atoms with Crippen molar-refractivity contribution in [3.8, 4) is 33.8 Å². The minimum absolute atomic E-state index is 0.117. The van der Waals surface area contributed by atoms with Crippen LogP contribution in [0.3, 0.4) is 0 Å². The number of aliphatic hydroxyl groups is 2. The lowest BCUT2D eigenvalue weighted by atomic mass is 9.77. The van der Waals surface area contributed by atoms with Crippen LogP contribution in [0.5, 0.6) is 11.5 Å². The Balaban J connectivity index is 1.38. The highest BCUT2D eigenvalue weighted by Crippen LogP contribution is 2.39. The number of unbranched alkanes of at least 4 members (excludes halogenated alkanes) is 1. The topological polar surface area (TPSA) is 112 Å². The highest BCUT2D eigenvalue weighted by atomic mass is 19.4. The molecular weight excluding hydrogens is 653 g/mol. The molecule has 3 aromatic carbocycles. The molecule has 268 valence electrons. The maximum absolute atomic E-state index is 12.4. The van der Waals surface area contributed by atoms with Crippen LogP contribution in [-0.4, -0.2) is 55.1 Å². The Bertz CT molecular complexity index is 1540. The van der Waals surface area contributed by atoms with Crippen molar-refractivity contribution < 1.29 is 51.9 Å². The van der Waals surface area contributed by atoms with E-state index in [4.69, 9.17) is 29.2 Å². The monoisotopic (exact) mass is 696 g/mol. The Kier molecular flexibility index (Phi) is 14.1. The molecular formula is C39H43F3O8. The van der Waals surface area contributed by atoms with E-state index < -0.39 is 51.3 Å². The molecule has 50 heavy (non-hydrogen) atoms. The minimum atomic E-state index is -4.06. The van der Waals surface area contributed by atoms with Gasteiger partial charge < -0.3 is 29.2 Å². The minimum Gasteiger partial charge on any atom is -0.457 e. The number of hydrogen-bond donors (Lipinski definition) is 2. The van der Waals surface area contributed by atoms with Crippen molar-refractivity contribution in [2.24, 2.45) is 5.92 Å². The number of benzene rings is 3. The van der Waals surface area contributed by atoms with Gasteiger partial charge in [-0.1, -0.05) is 74.5 Å². The predicted octanol–water partition coefficient (Wildman–Crippen LogP) is 8.27. The Morgan fingerprint density at radius 3 is 1.60 bits per heavy atom. The highest BCUT2D eigenvalue weighted by Gasteiger charge is 2.27. The van der Waals surface area contributed by atoms with Crippen LogP contribution in [0.4, 0.5) is 13.2 Å². The molecule has 0 atom stereocenters. The zero-order valence-corrected chi connectivity index (χ0v) is 27.9. The van der Waals surface area contributed by atoms with E-state index in [-0.39, 0.29) is 17.6 Å². The van der Waals surface area contributed by atoms with E-state index in [9.17, 15) is 22.8 Å². The second-order valence-electron chi connectivity index (χ2n) is 12.4. The summed E-state index contributed by atoms with van der Waals surface area (Å²) in [6.07, 6.45) is 1.17. The van der Waals surface area contributed by atoms with Crippen LogP contribution < -0.4 is 9.47 Å². The van der Waals surface area contributed by atoms with Crippen LogP contribution in [0.15, 0.2) is 91.0 Å². The molecule has 1 saturated carbocycles. The Morgan fingerprint density at radius 2 is 1.14 bits per heavy atom. The first-order valence-electron chi connectivity index (χ1n) is 16.6. The number of carbonyl (C=O) groups is 2. The number of esters is 2. The van der Waals surface area contributed by atoms with Crippen molar-refractivity contribution in [3.63, 3.8) is 0 Å². The van der Waals surface area contributed by atoms with Gasteiger partial charge in [-0.3, -0.25) is 0 Å². The third-order valence-corrected chi connectivity index (χ3v) is 8.77. The fraction of sp³-hybridized carbons (Fsp3) is 0.385. The molecule has 0 unspecified atom stereocenters. The van der Waals surface area contributed by atoms with Gasteiger partial charge >= 0.3 is 18.1 Å². The smallest absolute Gasteiger partial charge is 0.389 e. The van der Waals surface area contributed by atoms with E-state index in [0.29, 0.717) is 35.3 Å². The summed E-state index contributed by atoms with van der Waals surface area (Å²) in [5.41, 5.74) is 4.64. The largest absolute Gasteiger partial charge is 0.457 e. The van der Waals surface area contributed by atoms with Gasteiger partial charge in [-0.05, 0) is 83.9 Å². The van der Waals surface area contributed by atoms with Crippen molar-refractivity contribution in [2.75, 3.05) is 26.8 Å². The number of aliphatic hydroxyl groups excluding tert-OH is 2. The van der Waals surface area contributed by atoms with Crippen LogP contribution >= 0.6 is 0 Å². The van der Waals surface area contributed by atoms with Gasteiger partial charge in [0, 0.05) is 12.5 Å². The summed E-state index contributed by atoms with van der Waals surface area (Å²) < 4.78 is 58.5. The summed E-state index contributed by atoms with van der Waals surface area (Å²) in [6, 6.07) is 21.4. The number of ether oxygens (including phenoxy) is 4. The molecule has 0 aliphatic heterocycles. The second kappa shape index (κ2) is 18.4. The van der Waals surface area contributed by atoms with Crippen molar-refractivity contribution in [2.45, 2.75) is 63.5 Å². The van der Waals surface area contributed by atoms with E-state index in [0.717, 1.165) is 48.8 Å². The fourth-order valence-electron chi connectivity index (χ4n) is 5.89. The molecule has 0 amide bonds. The fourth-order valence-corrected chi connectivity index (χ4v) is 5.89. The van der Waals surface area contributed by atoms with Gasteiger partial charge in [0.25, 0.3) is 0 Å². The van der Waals surface area contributed by atoms with E-state index >= 15 is 0 Å². The molecule has 0 heterocycles. The quantitative estimate of drug-likeness (QED) is 0.0628. The van der Waals surface area contributed by atoms with Gasteiger partial charge in [-0.25, -0.2) is 9.59 Å². The lowest BCUT2D eigenvalue weighted by Crippen LogP contribution is -2.14. The van der Waals surface area contributed by atoms with Crippen LogP contribution in [-0.2, 0) is 19.1 Å². The van der Waals surface area contributed by atoms with Gasteiger partial charge in [-0.15, -0.1) is 0 Å². The summed E-state index contributed by atoms with van der Waals surface area (Å²) in [6.45, 7) is 4.84. The summed E-state index contributed by atoms with van der Waals surface area (Å²) in [5, 5.41) is 18.1. The molecule has 3 aromatic rings. The SMILES string of the molecule is C=C(CO)C(=O)OCOc1cc(OCOC(=O)C(=C)CO)cc(-c2ccc(-c3ccc(C4CCC(CCCCC(F)(F)F)CC4)cc3)cc2)c1. The van der Waals surface area contributed by atoms with Crippen molar-refractivity contribution in [3.05, 3.63) is 96.6 Å². The van der Waals surface area contributed by atoms with Crippen molar-refractivity contribution in [1.82, 2.24) is 0 Å². The molecule has 1 fully saturated rings. The van der Waals surface area contributed by atoms with Gasteiger partial charge in [-0.2, -0.15) is 13.2 Å². The zero-order valence-electron chi connectivity index (χ0n) is 27.9. The molecule has 0 spiro atoms. The van der Waals surface area contributed by atoms with Crippen LogP contribution in [0.1, 0.15) is 62.8 Å². The van der Waals surface area contributed by atoms with E-state index in [2.05, 4.69) is 37.4 Å². The molecule has 8 nitrogen and oxygen atoms in total. The number of halogens is 3. The maximum atomic E-state index is 12.4.